The lowest BCUT2D eigenvalue weighted by Gasteiger charge is -2.27. The van der Waals surface area contributed by atoms with Crippen LogP contribution in [-0.4, -0.2) is 69.9 Å². The molecule has 8 nitrogen and oxygen atoms in total. The van der Waals surface area contributed by atoms with E-state index in [0.29, 0.717) is 19.4 Å². The highest BCUT2D eigenvalue weighted by Crippen LogP contribution is 2.18. The Balaban J connectivity index is 2.72. The largest absolute Gasteiger partial charge is 0.480 e. The van der Waals surface area contributed by atoms with Crippen molar-refractivity contribution in [1.82, 2.24) is 10.2 Å². The van der Waals surface area contributed by atoms with Crippen molar-refractivity contribution in [3.8, 4) is 0 Å². The zero-order chi connectivity index (χ0) is 15.3. The molecule has 9 heteroatoms. The molecule has 20 heavy (non-hydrogen) atoms. The molecule has 0 aromatic carbocycles. The number of nitrogens with two attached hydrogens (primary N) is 1. The van der Waals surface area contributed by atoms with Crippen LogP contribution < -0.4 is 11.1 Å². The maximum Gasteiger partial charge on any atom is 0.326 e. The van der Waals surface area contributed by atoms with Gasteiger partial charge in [-0.3, -0.25) is 9.59 Å². The van der Waals surface area contributed by atoms with Crippen LogP contribution in [-0.2, 0) is 14.4 Å². The van der Waals surface area contributed by atoms with Crippen LogP contribution in [0.1, 0.15) is 12.8 Å². The normalized spacial score (nSPS) is 21.4. The Bertz CT molecular complexity index is 392. The van der Waals surface area contributed by atoms with Crippen molar-refractivity contribution < 1.29 is 24.6 Å². The van der Waals surface area contributed by atoms with E-state index in [1.807, 2.05) is 0 Å². The fourth-order valence-electron chi connectivity index (χ4n) is 2.03. The van der Waals surface area contributed by atoms with E-state index in [9.17, 15) is 14.4 Å². The fourth-order valence-corrected chi connectivity index (χ4v) is 2.28. The summed E-state index contributed by atoms with van der Waals surface area (Å²) in [5, 5.41) is 20.2. The first-order valence-electron chi connectivity index (χ1n) is 6.23. The van der Waals surface area contributed by atoms with Gasteiger partial charge in [-0.2, -0.15) is 12.6 Å². The summed E-state index contributed by atoms with van der Waals surface area (Å²) in [4.78, 5) is 36.1. The van der Waals surface area contributed by atoms with Gasteiger partial charge in [-0.1, -0.05) is 0 Å². The summed E-state index contributed by atoms with van der Waals surface area (Å²) in [6.07, 6.45) is 0.997. The minimum absolute atomic E-state index is 0.0194. The van der Waals surface area contributed by atoms with Crippen LogP contribution in [0.25, 0.3) is 0 Å². The molecule has 0 aromatic heterocycles. The molecule has 0 unspecified atom stereocenters. The van der Waals surface area contributed by atoms with Gasteiger partial charge in [0.2, 0.25) is 11.8 Å². The van der Waals surface area contributed by atoms with Gasteiger partial charge in [-0.15, -0.1) is 0 Å². The summed E-state index contributed by atoms with van der Waals surface area (Å²) < 4.78 is 0. The Hall–Kier alpha value is -1.32. The second-order valence-electron chi connectivity index (χ2n) is 4.56. The van der Waals surface area contributed by atoms with E-state index in [1.54, 1.807) is 0 Å². The maximum absolute atomic E-state index is 12.2. The molecule has 5 N–H and O–H groups in total. The minimum atomic E-state index is -1.13. The van der Waals surface area contributed by atoms with E-state index >= 15 is 0 Å². The number of hydrogen-bond acceptors (Lipinski definition) is 6. The molecule has 1 rings (SSSR count). The smallest absolute Gasteiger partial charge is 0.326 e. The summed E-state index contributed by atoms with van der Waals surface area (Å²) in [5.74, 6) is -2.22. The summed E-state index contributed by atoms with van der Waals surface area (Å²) in [6.45, 7) is -0.206. The quantitative estimate of drug-likeness (QED) is 0.354. The summed E-state index contributed by atoms with van der Waals surface area (Å²) in [7, 11) is 0. The predicted octanol–water partition coefficient (Wildman–Crippen LogP) is -2.20. The van der Waals surface area contributed by atoms with Gasteiger partial charge in [0.1, 0.15) is 18.1 Å². The van der Waals surface area contributed by atoms with Gasteiger partial charge in [-0.25, -0.2) is 4.79 Å². The first-order chi connectivity index (χ1) is 9.42. The fraction of sp³-hybridized carbons (Fsp3) is 0.727. The van der Waals surface area contributed by atoms with Crippen molar-refractivity contribution in [1.29, 1.82) is 0 Å². The summed E-state index contributed by atoms with van der Waals surface area (Å²) in [5.41, 5.74) is 5.34. The Morgan fingerprint density at radius 1 is 1.45 bits per heavy atom. The molecule has 1 saturated heterocycles. The number of hydrogen-bond donors (Lipinski definition) is 5. The SMILES string of the molecule is N[C@@H](CO)C(=O)N[C@@H](CS)C(=O)N1CCC[C@@H]1C(=O)O. The molecule has 0 saturated carbocycles. The van der Waals surface area contributed by atoms with Crippen LogP contribution in [0.4, 0.5) is 0 Å². The Morgan fingerprint density at radius 3 is 2.60 bits per heavy atom. The standard InChI is InChI=1S/C11H19N3O5S/c12-6(4-15)9(16)13-7(5-20)10(17)14-3-1-2-8(14)11(18)19/h6-8,15,20H,1-5,12H2,(H,13,16)(H,18,19)/t6-,7-,8+/m0/s1. The Kier molecular flexibility index (Phi) is 6.24. The van der Waals surface area contributed by atoms with Crippen LogP contribution in [0.15, 0.2) is 0 Å². The molecule has 3 atom stereocenters. The topological polar surface area (TPSA) is 133 Å². The third-order valence-electron chi connectivity index (χ3n) is 3.15. The van der Waals surface area contributed by atoms with E-state index < -0.39 is 42.5 Å². The van der Waals surface area contributed by atoms with Crippen LogP contribution >= 0.6 is 12.6 Å². The van der Waals surface area contributed by atoms with E-state index in [0.717, 1.165) is 0 Å². The van der Waals surface area contributed by atoms with Gasteiger partial charge >= 0.3 is 5.97 Å². The number of carboxylic acids is 1. The molecule has 2 amide bonds. The maximum atomic E-state index is 12.2. The number of aliphatic carboxylic acids is 1. The van der Waals surface area contributed by atoms with Gasteiger partial charge in [0.05, 0.1) is 6.61 Å². The first kappa shape index (κ1) is 16.7. The molecular formula is C11H19N3O5S. The molecule has 0 spiro atoms. The predicted molar refractivity (Wildman–Crippen MR) is 73.2 cm³/mol. The number of carbonyl (C=O) groups excluding carboxylic acids is 2. The van der Waals surface area contributed by atoms with E-state index in [1.165, 1.54) is 4.90 Å². The summed E-state index contributed by atoms with van der Waals surface area (Å²) >= 11 is 3.99. The van der Waals surface area contributed by atoms with Gasteiger partial charge in [0.25, 0.3) is 0 Å². The zero-order valence-corrected chi connectivity index (χ0v) is 11.8. The lowest BCUT2D eigenvalue weighted by atomic mass is 10.2. The van der Waals surface area contributed by atoms with Crippen LogP contribution in [0.2, 0.25) is 0 Å². The van der Waals surface area contributed by atoms with Gasteiger partial charge in [0, 0.05) is 12.3 Å². The van der Waals surface area contributed by atoms with Crippen molar-refractivity contribution in [3.63, 3.8) is 0 Å². The van der Waals surface area contributed by atoms with Crippen molar-refractivity contribution in [2.75, 3.05) is 18.9 Å². The van der Waals surface area contributed by atoms with E-state index in [4.69, 9.17) is 15.9 Å². The highest BCUT2D eigenvalue weighted by atomic mass is 32.1. The van der Waals surface area contributed by atoms with Crippen LogP contribution in [0, 0.1) is 0 Å². The monoisotopic (exact) mass is 305 g/mol. The Labute approximate surface area is 121 Å². The lowest BCUT2D eigenvalue weighted by molar-refractivity contribution is -0.149. The van der Waals surface area contributed by atoms with Crippen LogP contribution in [0.5, 0.6) is 0 Å². The van der Waals surface area contributed by atoms with E-state index in [2.05, 4.69) is 17.9 Å². The number of rotatable bonds is 6. The van der Waals surface area contributed by atoms with Crippen molar-refractivity contribution in [2.24, 2.45) is 5.73 Å². The number of amides is 2. The number of nitrogens with one attached hydrogen (secondary N) is 1. The van der Waals surface area contributed by atoms with E-state index in [-0.39, 0.29) is 5.75 Å². The second-order valence-corrected chi connectivity index (χ2v) is 4.93. The highest BCUT2D eigenvalue weighted by Gasteiger charge is 2.37. The Morgan fingerprint density at radius 2 is 2.10 bits per heavy atom. The summed E-state index contributed by atoms with van der Waals surface area (Å²) in [6, 6.07) is -2.95. The number of aliphatic hydroxyl groups excluding tert-OH is 1. The third kappa shape index (κ3) is 3.84. The van der Waals surface area contributed by atoms with Gasteiger partial charge < -0.3 is 26.2 Å². The molecule has 0 radical (unpaired) electrons. The molecule has 1 aliphatic heterocycles. The number of carbonyl (C=O) groups is 3. The number of carboxylic acid groups (broad SMARTS) is 1. The number of nitrogens with zero attached hydrogens (tertiary/aromatic N) is 1. The molecule has 1 heterocycles. The number of aliphatic hydroxyl groups is 1. The molecule has 0 aliphatic carbocycles. The van der Waals surface area contributed by atoms with Crippen molar-refractivity contribution in [2.45, 2.75) is 31.0 Å². The number of likely N-dealkylation sites (tertiary alicyclic amines) is 1. The second kappa shape index (κ2) is 7.46. The minimum Gasteiger partial charge on any atom is -0.480 e. The molecule has 0 bridgehead atoms. The third-order valence-corrected chi connectivity index (χ3v) is 3.52. The van der Waals surface area contributed by atoms with Gasteiger partial charge in [0.15, 0.2) is 0 Å². The molecule has 1 aliphatic rings. The average molecular weight is 305 g/mol. The molecule has 1 fully saturated rings. The lowest BCUT2D eigenvalue weighted by Crippen LogP contribution is -2.55. The zero-order valence-electron chi connectivity index (χ0n) is 10.9. The highest BCUT2D eigenvalue weighted by molar-refractivity contribution is 7.80. The number of thiol groups is 1. The van der Waals surface area contributed by atoms with Crippen LogP contribution in [0.3, 0.4) is 0 Å². The van der Waals surface area contributed by atoms with Crippen molar-refractivity contribution in [3.05, 3.63) is 0 Å². The van der Waals surface area contributed by atoms with Gasteiger partial charge in [-0.05, 0) is 12.8 Å². The van der Waals surface area contributed by atoms with Crippen molar-refractivity contribution >= 4 is 30.4 Å². The average Bonchev–Trinajstić information content (AvgIpc) is 2.92. The first-order valence-corrected chi connectivity index (χ1v) is 6.86. The molecular weight excluding hydrogens is 286 g/mol. The molecule has 0 aromatic rings. The molecule has 114 valence electrons.